The number of nitrogens with zero attached hydrogens (tertiary/aromatic N) is 1. The molecule has 0 bridgehead atoms. The molecule has 2 aromatic rings. The van der Waals surface area contributed by atoms with E-state index in [-0.39, 0.29) is 12.0 Å². The van der Waals surface area contributed by atoms with Crippen molar-refractivity contribution in [3.05, 3.63) is 30.5 Å². The molecule has 0 saturated heterocycles. The van der Waals surface area contributed by atoms with Crippen molar-refractivity contribution < 1.29 is 13.9 Å². The number of rotatable bonds is 3. The molecule has 0 aliphatic rings. The Labute approximate surface area is 86.4 Å². The van der Waals surface area contributed by atoms with E-state index < -0.39 is 0 Å². The van der Waals surface area contributed by atoms with E-state index in [0.717, 1.165) is 0 Å². The van der Waals surface area contributed by atoms with Gasteiger partial charge in [0.05, 0.1) is 13.3 Å². The van der Waals surface area contributed by atoms with Gasteiger partial charge in [-0.3, -0.25) is 0 Å². The second kappa shape index (κ2) is 3.91. The van der Waals surface area contributed by atoms with Gasteiger partial charge in [-0.25, -0.2) is 0 Å². The Morgan fingerprint density at radius 3 is 2.60 bits per heavy atom. The molecule has 2 rings (SSSR count). The minimum absolute atomic E-state index is 0.0944. The summed E-state index contributed by atoms with van der Waals surface area (Å²) in [7, 11) is 1.56. The van der Waals surface area contributed by atoms with Crippen LogP contribution < -0.4 is 15.2 Å². The van der Waals surface area contributed by atoms with E-state index in [0.29, 0.717) is 11.5 Å². The van der Waals surface area contributed by atoms with Gasteiger partial charge in [0.2, 0.25) is 5.88 Å². The predicted molar refractivity (Wildman–Crippen MR) is 54.0 cm³/mol. The van der Waals surface area contributed by atoms with Gasteiger partial charge in [-0.2, -0.15) is 4.98 Å². The fourth-order valence-corrected chi connectivity index (χ4v) is 1.11. The smallest absolute Gasteiger partial charge is 0.401 e. The summed E-state index contributed by atoms with van der Waals surface area (Å²) in [4.78, 5) is 3.82. The topological polar surface area (TPSA) is 70.5 Å². The zero-order chi connectivity index (χ0) is 10.7. The molecule has 0 unspecified atom stereocenters. The van der Waals surface area contributed by atoms with Gasteiger partial charge in [-0.05, 0) is 12.1 Å². The molecule has 0 fully saturated rings. The van der Waals surface area contributed by atoms with Gasteiger partial charge >= 0.3 is 6.08 Å². The molecule has 15 heavy (non-hydrogen) atoms. The highest BCUT2D eigenvalue weighted by Crippen LogP contribution is 2.30. The van der Waals surface area contributed by atoms with Crippen molar-refractivity contribution in [3.63, 3.8) is 0 Å². The van der Waals surface area contributed by atoms with Crippen LogP contribution in [0.2, 0.25) is 0 Å². The summed E-state index contributed by atoms with van der Waals surface area (Å²) in [5, 5.41) is 0. The molecule has 1 aromatic heterocycles. The number of para-hydroxylation sites is 2. The summed E-state index contributed by atoms with van der Waals surface area (Å²) >= 11 is 0. The minimum Gasteiger partial charge on any atom is -0.493 e. The van der Waals surface area contributed by atoms with Crippen LogP contribution in [0.3, 0.4) is 0 Å². The third-order valence-electron chi connectivity index (χ3n) is 1.77. The van der Waals surface area contributed by atoms with Crippen LogP contribution in [0, 0.1) is 0 Å². The zero-order valence-electron chi connectivity index (χ0n) is 8.14. The van der Waals surface area contributed by atoms with Crippen LogP contribution in [-0.2, 0) is 0 Å². The van der Waals surface area contributed by atoms with Gasteiger partial charge in [-0.1, -0.05) is 12.1 Å². The Morgan fingerprint density at radius 2 is 2.00 bits per heavy atom. The molecule has 1 aromatic carbocycles. The van der Waals surface area contributed by atoms with E-state index in [9.17, 15) is 0 Å². The fourth-order valence-electron chi connectivity index (χ4n) is 1.11. The maximum atomic E-state index is 5.36. The highest BCUT2D eigenvalue weighted by atomic mass is 16.6. The summed E-state index contributed by atoms with van der Waals surface area (Å²) < 4.78 is 15.4. The number of benzene rings is 1. The molecule has 2 N–H and O–H groups in total. The molecule has 78 valence electrons. The molecule has 5 nitrogen and oxygen atoms in total. The van der Waals surface area contributed by atoms with Gasteiger partial charge < -0.3 is 19.6 Å². The number of hydrogen-bond donors (Lipinski definition) is 1. The van der Waals surface area contributed by atoms with Crippen molar-refractivity contribution in [2.45, 2.75) is 0 Å². The van der Waals surface area contributed by atoms with E-state index in [1.54, 1.807) is 19.2 Å². The van der Waals surface area contributed by atoms with Crippen LogP contribution in [-0.4, -0.2) is 12.1 Å². The Hall–Kier alpha value is -2.17. The second-order valence-electron chi connectivity index (χ2n) is 2.78. The van der Waals surface area contributed by atoms with Crippen molar-refractivity contribution in [2.24, 2.45) is 0 Å². The number of anilines is 1. The normalized spacial score (nSPS) is 9.93. The number of methoxy groups -OCH3 is 1. The highest BCUT2D eigenvalue weighted by Gasteiger charge is 2.07. The number of aromatic nitrogens is 1. The molecular weight excluding hydrogens is 196 g/mol. The van der Waals surface area contributed by atoms with Crippen molar-refractivity contribution in [1.82, 2.24) is 4.98 Å². The van der Waals surface area contributed by atoms with Crippen LogP contribution >= 0.6 is 0 Å². The van der Waals surface area contributed by atoms with Crippen molar-refractivity contribution in [1.29, 1.82) is 0 Å². The first-order valence-electron chi connectivity index (χ1n) is 4.32. The van der Waals surface area contributed by atoms with Crippen LogP contribution in [0.5, 0.6) is 17.6 Å². The van der Waals surface area contributed by atoms with Gasteiger partial charge in [0.1, 0.15) is 0 Å². The summed E-state index contributed by atoms with van der Waals surface area (Å²) in [5.41, 5.74) is 5.36. The standard InChI is InChI=1S/C10H10N2O3/c1-13-7-4-2-3-5-8(7)14-10-12-6-9(11)15-10/h2-6H,11H2,1H3. The van der Waals surface area contributed by atoms with E-state index in [2.05, 4.69) is 4.98 Å². The molecular formula is C10H10N2O3. The van der Waals surface area contributed by atoms with Crippen LogP contribution in [0.15, 0.2) is 34.9 Å². The van der Waals surface area contributed by atoms with E-state index in [1.807, 2.05) is 12.1 Å². The van der Waals surface area contributed by atoms with Gasteiger partial charge in [0.15, 0.2) is 11.5 Å². The number of oxazole rings is 1. The second-order valence-corrected chi connectivity index (χ2v) is 2.78. The minimum atomic E-state index is 0.0944. The molecule has 5 heteroatoms. The lowest BCUT2D eigenvalue weighted by Gasteiger charge is -2.05. The first-order chi connectivity index (χ1) is 7.29. The number of hydrogen-bond acceptors (Lipinski definition) is 5. The first kappa shape index (κ1) is 9.39. The summed E-state index contributed by atoms with van der Waals surface area (Å²) in [6.45, 7) is 0. The molecule has 0 atom stereocenters. The summed E-state index contributed by atoms with van der Waals surface area (Å²) in [6, 6.07) is 7.20. The van der Waals surface area contributed by atoms with Crippen LogP contribution in [0.4, 0.5) is 5.88 Å². The maximum absolute atomic E-state index is 5.36. The monoisotopic (exact) mass is 206 g/mol. The third kappa shape index (κ3) is 2.01. The fraction of sp³-hybridized carbons (Fsp3) is 0.100. The van der Waals surface area contributed by atoms with Gasteiger partial charge in [-0.15, -0.1) is 0 Å². The Balaban J connectivity index is 2.23. The average Bonchev–Trinajstić information content (AvgIpc) is 2.65. The summed E-state index contributed by atoms with van der Waals surface area (Å²) in [6.07, 6.45) is 1.47. The maximum Gasteiger partial charge on any atom is 0.401 e. The van der Waals surface area contributed by atoms with Gasteiger partial charge in [0, 0.05) is 0 Å². The lowest BCUT2D eigenvalue weighted by Crippen LogP contribution is -1.89. The molecule has 0 amide bonds. The lowest BCUT2D eigenvalue weighted by atomic mass is 10.3. The molecule has 0 aliphatic heterocycles. The van der Waals surface area contributed by atoms with Gasteiger partial charge in [0.25, 0.3) is 0 Å². The number of ether oxygens (including phenoxy) is 2. The first-order valence-corrected chi connectivity index (χ1v) is 4.32. The van der Waals surface area contributed by atoms with Crippen molar-refractivity contribution in [3.8, 4) is 17.6 Å². The van der Waals surface area contributed by atoms with E-state index >= 15 is 0 Å². The number of nitrogen functional groups attached to an aromatic ring is 1. The molecule has 0 saturated carbocycles. The Kier molecular flexibility index (Phi) is 2.45. The quantitative estimate of drug-likeness (QED) is 0.832. The largest absolute Gasteiger partial charge is 0.493 e. The van der Waals surface area contributed by atoms with Crippen LogP contribution in [0.1, 0.15) is 0 Å². The van der Waals surface area contributed by atoms with E-state index in [4.69, 9.17) is 19.6 Å². The molecule has 1 heterocycles. The molecule has 0 aliphatic carbocycles. The number of nitrogens with two attached hydrogens (primary N) is 1. The van der Waals surface area contributed by atoms with Crippen molar-refractivity contribution in [2.75, 3.05) is 12.8 Å². The highest BCUT2D eigenvalue weighted by molar-refractivity contribution is 5.40. The Bertz CT molecular complexity index is 453. The zero-order valence-corrected chi connectivity index (χ0v) is 8.14. The average molecular weight is 206 g/mol. The van der Waals surface area contributed by atoms with E-state index in [1.165, 1.54) is 6.20 Å². The molecule has 0 radical (unpaired) electrons. The SMILES string of the molecule is COc1ccccc1Oc1ncc(N)o1. The predicted octanol–water partition coefficient (Wildman–Crippen LogP) is 2.06. The molecule has 0 spiro atoms. The van der Waals surface area contributed by atoms with Crippen LogP contribution in [0.25, 0.3) is 0 Å². The van der Waals surface area contributed by atoms with Crippen molar-refractivity contribution >= 4 is 5.88 Å². The third-order valence-corrected chi connectivity index (χ3v) is 1.77. The Morgan fingerprint density at radius 1 is 1.27 bits per heavy atom. The summed E-state index contributed by atoms with van der Waals surface area (Å²) in [5.74, 6) is 1.34. The lowest BCUT2D eigenvalue weighted by molar-refractivity contribution is 0.315.